The Balaban J connectivity index is 1.45. The van der Waals surface area contributed by atoms with Crippen LogP contribution in [0.25, 0.3) is 0 Å². The van der Waals surface area contributed by atoms with Crippen molar-refractivity contribution >= 4 is 23.6 Å². The molecule has 3 unspecified atom stereocenters. The topological polar surface area (TPSA) is 88.2 Å². The molecule has 0 aromatic heterocycles. The van der Waals surface area contributed by atoms with Crippen LogP contribution in [0.3, 0.4) is 0 Å². The average Bonchev–Trinajstić information content (AvgIpc) is 3.28. The first-order valence-corrected chi connectivity index (χ1v) is 14.0. The normalized spacial score (nSPS) is 23.8. The SMILES string of the molecule is CC(C)c1ccc(NC(=O)CC2OC3CN(C(=O)OC(C)(C)C)CC3N(CCC3=CCCCC3)C2=O)cc1. The number of benzene rings is 1. The fourth-order valence-electron chi connectivity index (χ4n) is 5.42. The van der Waals surface area contributed by atoms with E-state index in [2.05, 4.69) is 25.2 Å². The summed E-state index contributed by atoms with van der Waals surface area (Å²) >= 11 is 0. The number of ether oxygens (including phenoxy) is 2. The van der Waals surface area contributed by atoms with E-state index in [-0.39, 0.29) is 30.4 Å². The summed E-state index contributed by atoms with van der Waals surface area (Å²) in [6.45, 7) is 11.0. The minimum atomic E-state index is -0.884. The Morgan fingerprint density at radius 2 is 1.87 bits per heavy atom. The summed E-state index contributed by atoms with van der Waals surface area (Å²) in [6.07, 6.45) is 5.94. The second-order valence-corrected chi connectivity index (χ2v) is 12.0. The lowest BCUT2D eigenvalue weighted by Crippen LogP contribution is -2.58. The van der Waals surface area contributed by atoms with Crippen molar-refractivity contribution in [2.24, 2.45) is 0 Å². The summed E-state index contributed by atoms with van der Waals surface area (Å²) in [5.41, 5.74) is 2.66. The zero-order chi connectivity index (χ0) is 27.4. The van der Waals surface area contributed by atoms with Crippen molar-refractivity contribution in [2.75, 3.05) is 25.0 Å². The maximum Gasteiger partial charge on any atom is 0.410 e. The molecule has 1 aromatic rings. The van der Waals surface area contributed by atoms with Crippen LogP contribution >= 0.6 is 0 Å². The lowest BCUT2D eigenvalue weighted by Gasteiger charge is -2.40. The van der Waals surface area contributed by atoms with Crippen LogP contribution in [0.15, 0.2) is 35.9 Å². The lowest BCUT2D eigenvalue weighted by molar-refractivity contribution is -0.168. The summed E-state index contributed by atoms with van der Waals surface area (Å²) in [5, 5.41) is 2.90. The van der Waals surface area contributed by atoms with Gasteiger partial charge < -0.3 is 24.6 Å². The fraction of sp³-hybridized carbons (Fsp3) is 0.633. The quantitative estimate of drug-likeness (QED) is 0.492. The number of amides is 3. The summed E-state index contributed by atoms with van der Waals surface area (Å²) in [5.74, 6) is -0.0435. The molecular weight excluding hydrogens is 482 g/mol. The number of hydrogen-bond donors (Lipinski definition) is 1. The summed E-state index contributed by atoms with van der Waals surface area (Å²) in [7, 11) is 0. The van der Waals surface area contributed by atoms with Gasteiger partial charge in [0.05, 0.1) is 25.1 Å². The summed E-state index contributed by atoms with van der Waals surface area (Å²) < 4.78 is 11.8. The number of morpholine rings is 1. The number of carbonyl (C=O) groups is 3. The molecule has 0 bridgehead atoms. The maximum atomic E-state index is 13.6. The van der Waals surface area contributed by atoms with Crippen LogP contribution in [0.1, 0.15) is 84.6 Å². The van der Waals surface area contributed by atoms with Gasteiger partial charge in [-0.1, -0.05) is 37.6 Å². The Hall–Kier alpha value is -2.87. The molecule has 8 heteroatoms. The van der Waals surface area contributed by atoms with E-state index in [1.165, 1.54) is 24.0 Å². The molecule has 0 spiro atoms. The van der Waals surface area contributed by atoms with Crippen LogP contribution in [0.4, 0.5) is 10.5 Å². The molecule has 1 aromatic carbocycles. The lowest BCUT2D eigenvalue weighted by atomic mass is 9.96. The summed E-state index contributed by atoms with van der Waals surface area (Å²) in [4.78, 5) is 42.8. The van der Waals surface area contributed by atoms with Crippen LogP contribution in [0.5, 0.6) is 0 Å². The van der Waals surface area contributed by atoms with Gasteiger partial charge in [0.2, 0.25) is 5.91 Å². The van der Waals surface area contributed by atoms with Crippen molar-refractivity contribution in [2.45, 2.75) is 103 Å². The van der Waals surface area contributed by atoms with Crippen molar-refractivity contribution in [3.05, 3.63) is 41.5 Å². The molecule has 0 saturated carbocycles. The third kappa shape index (κ3) is 7.16. The molecule has 2 heterocycles. The number of anilines is 1. The molecule has 3 atom stereocenters. The molecule has 1 aliphatic carbocycles. The Kier molecular flexibility index (Phi) is 8.81. The number of carbonyl (C=O) groups excluding carboxylic acids is 3. The van der Waals surface area contributed by atoms with Crippen LogP contribution in [-0.4, -0.2) is 71.2 Å². The van der Waals surface area contributed by atoms with Gasteiger partial charge in [0.15, 0.2) is 0 Å². The third-order valence-electron chi connectivity index (χ3n) is 7.48. The van der Waals surface area contributed by atoms with Gasteiger partial charge in [-0.2, -0.15) is 0 Å². The average molecular weight is 526 g/mol. The molecule has 0 radical (unpaired) electrons. The number of nitrogens with zero attached hydrogens (tertiary/aromatic N) is 2. The smallest absolute Gasteiger partial charge is 0.410 e. The van der Waals surface area contributed by atoms with E-state index in [1.807, 2.05) is 49.9 Å². The van der Waals surface area contributed by atoms with Crippen molar-refractivity contribution < 1.29 is 23.9 Å². The van der Waals surface area contributed by atoms with Gasteiger partial charge in [0.1, 0.15) is 11.7 Å². The second kappa shape index (κ2) is 11.9. The van der Waals surface area contributed by atoms with Crippen LogP contribution in [-0.2, 0) is 19.1 Å². The van der Waals surface area contributed by atoms with Gasteiger partial charge >= 0.3 is 6.09 Å². The number of nitrogens with one attached hydrogen (secondary N) is 1. The minimum Gasteiger partial charge on any atom is -0.444 e. The fourth-order valence-corrected chi connectivity index (χ4v) is 5.42. The minimum absolute atomic E-state index is 0.0698. The first-order valence-electron chi connectivity index (χ1n) is 14.0. The van der Waals surface area contributed by atoms with E-state index in [0.717, 1.165) is 19.3 Å². The van der Waals surface area contributed by atoms with Gasteiger partial charge in [-0.25, -0.2) is 4.79 Å². The number of fused-ring (bicyclic) bond motifs is 1. The molecule has 208 valence electrons. The van der Waals surface area contributed by atoms with E-state index in [1.54, 1.807) is 4.90 Å². The van der Waals surface area contributed by atoms with Crippen LogP contribution < -0.4 is 5.32 Å². The Morgan fingerprint density at radius 1 is 1.13 bits per heavy atom. The first kappa shape index (κ1) is 28.1. The highest BCUT2D eigenvalue weighted by molar-refractivity contribution is 5.95. The zero-order valence-corrected chi connectivity index (χ0v) is 23.5. The predicted octanol–water partition coefficient (Wildman–Crippen LogP) is 5.24. The zero-order valence-electron chi connectivity index (χ0n) is 23.5. The Labute approximate surface area is 226 Å². The molecule has 3 amide bonds. The van der Waals surface area contributed by atoms with Gasteiger partial charge in [-0.15, -0.1) is 0 Å². The molecule has 3 aliphatic rings. The van der Waals surface area contributed by atoms with Gasteiger partial charge in [-0.3, -0.25) is 9.59 Å². The van der Waals surface area contributed by atoms with E-state index in [0.29, 0.717) is 31.2 Å². The monoisotopic (exact) mass is 525 g/mol. The molecule has 2 fully saturated rings. The molecular formula is C30H43N3O5. The first-order chi connectivity index (χ1) is 18.0. The largest absolute Gasteiger partial charge is 0.444 e. The molecule has 1 N–H and O–H groups in total. The van der Waals surface area contributed by atoms with Crippen molar-refractivity contribution in [3.63, 3.8) is 0 Å². The predicted molar refractivity (Wildman–Crippen MR) is 147 cm³/mol. The van der Waals surface area contributed by atoms with E-state index >= 15 is 0 Å². The van der Waals surface area contributed by atoms with Crippen LogP contribution in [0, 0.1) is 0 Å². The van der Waals surface area contributed by atoms with Crippen LogP contribution in [0.2, 0.25) is 0 Å². The highest BCUT2D eigenvalue weighted by Crippen LogP contribution is 2.31. The molecule has 4 rings (SSSR count). The molecule has 2 saturated heterocycles. The maximum absolute atomic E-state index is 13.6. The summed E-state index contributed by atoms with van der Waals surface area (Å²) in [6, 6.07) is 7.51. The molecule has 38 heavy (non-hydrogen) atoms. The van der Waals surface area contributed by atoms with Gasteiger partial charge in [-0.05, 0) is 76.5 Å². The van der Waals surface area contributed by atoms with E-state index in [9.17, 15) is 14.4 Å². The number of hydrogen-bond acceptors (Lipinski definition) is 5. The molecule has 2 aliphatic heterocycles. The molecule has 8 nitrogen and oxygen atoms in total. The Bertz CT molecular complexity index is 1040. The third-order valence-corrected chi connectivity index (χ3v) is 7.48. The van der Waals surface area contributed by atoms with E-state index in [4.69, 9.17) is 9.47 Å². The number of likely N-dealkylation sites (tertiary alicyclic amines) is 1. The van der Waals surface area contributed by atoms with E-state index < -0.39 is 17.8 Å². The van der Waals surface area contributed by atoms with Gasteiger partial charge in [0.25, 0.3) is 5.91 Å². The van der Waals surface area contributed by atoms with Crippen molar-refractivity contribution in [3.8, 4) is 0 Å². The highest BCUT2D eigenvalue weighted by atomic mass is 16.6. The Morgan fingerprint density at radius 3 is 2.50 bits per heavy atom. The second-order valence-electron chi connectivity index (χ2n) is 12.0. The highest BCUT2D eigenvalue weighted by Gasteiger charge is 2.49. The number of allylic oxidation sites excluding steroid dienone is 1. The van der Waals surface area contributed by atoms with Crippen molar-refractivity contribution in [1.29, 1.82) is 0 Å². The van der Waals surface area contributed by atoms with Crippen molar-refractivity contribution in [1.82, 2.24) is 9.80 Å². The number of rotatable bonds is 7. The van der Waals surface area contributed by atoms with Gasteiger partial charge in [0, 0.05) is 18.8 Å². The standard InChI is InChI=1S/C30H43N3O5/c1-20(2)22-11-13-23(14-12-22)31-27(34)17-25-28(35)33(16-15-21-9-7-6-8-10-21)24-18-32(19-26(24)37-25)29(36)38-30(3,4)5/h9,11-14,20,24-26H,6-8,10,15-19H2,1-5H3,(H,31,34).